The van der Waals surface area contributed by atoms with E-state index < -0.39 is 0 Å². The Morgan fingerprint density at radius 2 is 1.55 bits per heavy atom. The lowest BCUT2D eigenvalue weighted by atomic mass is 9.77. The molecule has 0 saturated heterocycles. The van der Waals surface area contributed by atoms with Crippen molar-refractivity contribution in [2.75, 3.05) is 0 Å². The summed E-state index contributed by atoms with van der Waals surface area (Å²) in [5, 5.41) is 0.669. The maximum atomic E-state index is 14.6. The van der Waals surface area contributed by atoms with Crippen molar-refractivity contribution >= 4 is 11.6 Å². The molecule has 1 fully saturated rings. The molecule has 0 N–H and O–H groups in total. The smallest absolute Gasteiger partial charge is 0.131 e. The second-order valence-corrected chi connectivity index (χ2v) is 8.92. The minimum Gasteiger partial charge on any atom is -0.206 e. The van der Waals surface area contributed by atoms with E-state index in [2.05, 4.69) is 37.3 Å². The van der Waals surface area contributed by atoms with Crippen molar-refractivity contribution in [2.24, 2.45) is 5.92 Å². The molecule has 0 radical (unpaired) electrons. The van der Waals surface area contributed by atoms with Crippen LogP contribution in [0.3, 0.4) is 0 Å². The molecular weight excluding hydrogens is 379 g/mol. The van der Waals surface area contributed by atoms with Crippen molar-refractivity contribution in [3.8, 4) is 11.1 Å². The van der Waals surface area contributed by atoms with Crippen LogP contribution in [0.2, 0.25) is 5.02 Å². The molecule has 0 bridgehead atoms. The van der Waals surface area contributed by atoms with Gasteiger partial charge >= 0.3 is 0 Å². The van der Waals surface area contributed by atoms with Crippen molar-refractivity contribution in [1.82, 2.24) is 0 Å². The second-order valence-electron chi connectivity index (χ2n) is 8.49. The van der Waals surface area contributed by atoms with E-state index >= 15 is 0 Å². The van der Waals surface area contributed by atoms with Gasteiger partial charge in [0.2, 0.25) is 0 Å². The Balaban J connectivity index is 1.31. The molecular formula is C27H28ClF. The minimum absolute atomic E-state index is 0.145. The van der Waals surface area contributed by atoms with Crippen LogP contribution in [0.1, 0.15) is 54.7 Å². The van der Waals surface area contributed by atoms with Gasteiger partial charge < -0.3 is 0 Å². The van der Waals surface area contributed by atoms with Crippen LogP contribution in [0.25, 0.3) is 11.1 Å². The Kier molecular flexibility index (Phi) is 6.35. The zero-order chi connectivity index (χ0) is 20.2. The van der Waals surface area contributed by atoms with Crippen molar-refractivity contribution in [2.45, 2.75) is 51.4 Å². The maximum absolute atomic E-state index is 14.6. The standard InChI is InChI=1S/C27H28ClF/c1-19-2-9-22(10-3-19)23-11-6-20(7-12-23)4-5-21-8-17-26(27(29)18-21)24-13-15-25(28)16-14-24/h2-3,8-10,13-18,20,23H,4-7,11-12H2,1H3/t20-,23-. The first-order chi connectivity index (χ1) is 14.1. The predicted octanol–water partition coefficient (Wildman–Crippen LogP) is 8.36. The molecule has 1 aliphatic carbocycles. The summed E-state index contributed by atoms with van der Waals surface area (Å²) in [7, 11) is 0. The molecule has 0 amide bonds. The topological polar surface area (TPSA) is 0 Å². The summed E-state index contributed by atoms with van der Waals surface area (Å²) in [6, 6.07) is 22.1. The van der Waals surface area contributed by atoms with Gasteiger partial charge in [0.15, 0.2) is 0 Å². The molecule has 0 nitrogen and oxygen atoms in total. The van der Waals surface area contributed by atoms with Crippen molar-refractivity contribution in [1.29, 1.82) is 0 Å². The van der Waals surface area contributed by atoms with Crippen molar-refractivity contribution < 1.29 is 4.39 Å². The zero-order valence-corrected chi connectivity index (χ0v) is 17.8. The van der Waals surface area contributed by atoms with Gasteiger partial charge in [0, 0.05) is 10.6 Å². The Hall–Kier alpha value is -2.12. The fourth-order valence-electron chi connectivity index (χ4n) is 4.57. The molecule has 29 heavy (non-hydrogen) atoms. The van der Waals surface area contributed by atoms with Gasteiger partial charge in [-0.15, -0.1) is 0 Å². The Bertz CT molecular complexity index is 935. The molecule has 0 heterocycles. The fourth-order valence-corrected chi connectivity index (χ4v) is 4.70. The molecule has 0 unspecified atom stereocenters. The molecule has 1 saturated carbocycles. The molecule has 0 atom stereocenters. The van der Waals surface area contributed by atoms with Gasteiger partial charge in [-0.1, -0.05) is 65.7 Å². The minimum atomic E-state index is -0.145. The van der Waals surface area contributed by atoms with Crippen LogP contribution in [0.4, 0.5) is 4.39 Å². The van der Waals surface area contributed by atoms with Gasteiger partial charge in [-0.25, -0.2) is 4.39 Å². The first-order valence-corrected chi connectivity index (χ1v) is 11.1. The summed E-state index contributed by atoms with van der Waals surface area (Å²) < 4.78 is 14.6. The fraction of sp³-hybridized carbons (Fsp3) is 0.333. The number of hydrogen-bond donors (Lipinski definition) is 0. The quantitative estimate of drug-likeness (QED) is 0.399. The van der Waals surface area contributed by atoms with Crippen LogP contribution in [0.15, 0.2) is 66.7 Å². The first kappa shape index (κ1) is 20.2. The highest BCUT2D eigenvalue weighted by Gasteiger charge is 2.22. The average Bonchev–Trinajstić information content (AvgIpc) is 2.74. The Morgan fingerprint density at radius 1 is 0.862 bits per heavy atom. The summed E-state index contributed by atoms with van der Waals surface area (Å²) in [6.45, 7) is 2.14. The number of aryl methyl sites for hydroxylation is 2. The molecule has 3 aromatic carbocycles. The van der Waals surface area contributed by atoms with E-state index in [-0.39, 0.29) is 5.82 Å². The lowest BCUT2D eigenvalue weighted by molar-refractivity contribution is 0.310. The Labute approximate surface area is 178 Å². The molecule has 1 aliphatic rings. The third kappa shape index (κ3) is 5.08. The van der Waals surface area contributed by atoms with E-state index in [1.54, 1.807) is 18.2 Å². The Morgan fingerprint density at radius 3 is 2.21 bits per heavy atom. The highest BCUT2D eigenvalue weighted by molar-refractivity contribution is 6.30. The van der Waals surface area contributed by atoms with Gasteiger partial charge in [-0.05, 0) is 92.2 Å². The number of hydrogen-bond acceptors (Lipinski definition) is 0. The van der Waals surface area contributed by atoms with E-state index in [9.17, 15) is 4.39 Å². The SMILES string of the molecule is Cc1ccc([C@H]2CC[C@H](CCc3ccc(-c4ccc(Cl)cc4)c(F)c3)CC2)cc1. The predicted molar refractivity (Wildman–Crippen MR) is 121 cm³/mol. The third-order valence-electron chi connectivity index (χ3n) is 6.43. The van der Waals surface area contributed by atoms with E-state index in [1.807, 2.05) is 18.2 Å². The first-order valence-electron chi connectivity index (χ1n) is 10.7. The molecule has 2 heteroatoms. The van der Waals surface area contributed by atoms with Crippen LogP contribution in [0.5, 0.6) is 0 Å². The number of halogens is 2. The molecule has 0 aromatic heterocycles. The normalized spacial score (nSPS) is 19.3. The van der Waals surface area contributed by atoms with Crippen LogP contribution < -0.4 is 0 Å². The summed E-state index contributed by atoms with van der Waals surface area (Å²) in [6.07, 6.45) is 7.22. The lowest BCUT2D eigenvalue weighted by Crippen LogP contribution is -2.14. The average molecular weight is 407 g/mol. The van der Waals surface area contributed by atoms with Crippen LogP contribution in [-0.4, -0.2) is 0 Å². The van der Waals surface area contributed by atoms with Gasteiger partial charge in [0.1, 0.15) is 5.82 Å². The zero-order valence-electron chi connectivity index (χ0n) is 17.0. The molecule has 0 spiro atoms. The maximum Gasteiger partial charge on any atom is 0.131 e. The van der Waals surface area contributed by atoms with Crippen LogP contribution in [-0.2, 0) is 6.42 Å². The van der Waals surface area contributed by atoms with Gasteiger partial charge in [0.05, 0.1) is 0 Å². The largest absolute Gasteiger partial charge is 0.206 e. The van der Waals surface area contributed by atoms with Crippen molar-refractivity contribution in [3.63, 3.8) is 0 Å². The summed E-state index contributed by atoms with van der Waals surface area (Å²) in [5.74, 6) is 1.33. The number of rotatable bonds is 5. The lowest BCUT2D eigenvalue weighted by Gasteiger charge is -2.29. The third-order valence-corrected chi connectivity index (χ3v) is 6.68. The van der Waals surface area contributed by atoms with Crippen molar-refractivity contribution in [3.05, 3.63) is 94.3 Å². The number of benzene rings is 3. The van der Waals surface area contributed by atoms with Gasteiger partial charge in [-0.3, -0.25) is 0 Å². The summed E-state index contributed by atoms with van der Waals surface area (Å²) >= 11 is 5.94. The molecule has 4 rings (SSSR count). The molecule has 3 aromatic rings. The van der Waals surface area contributed by atoms with Crippen LogP contribution >= 0.6 is 11.6 Å². The van der Waals surface area contributed by atoms with E-state index in [4.69, 9.17) is 11.6 Å². The summed E-state index contributed by atoms with van der Waals surface area (Å²) in [4.78, 5) is 0. The monoisotopic (exact) mass is 406 g/mol. The molecule has 0 aliphatic heterocycles. The highest BCUT2D eigenvalue weighted by atomic mass is 35.5. The second kappa shape index (κ2) is 9.13. The van der Waals surface area contributed by atoms with E-state index in [0.717, 1.165) is 29.9 Å². The van der Waals surface area contributed by atoms with E-state index in [0.29, 0.717) is 16.5 Å². The highest BCUT2D eigenvalue weighted by Crippen LogP contribution is 2.37. The van der Waals surface area contributed by atoms with Gasteiger partial charge in [0.25, 0.3) is 0 Å². The van der Waals surface area contributed by atoms with E-state index in [1.165, 1.54) is 36.8 Å². The molecule has 150 valence electrons. The van der Waals surface area contributed by atoms with Gasteiger partial charge in [-0.2, -0.15) is 0 Å². The van der Waals surface area contributed by atoms with Crippen LogP contribution in [0, 0.1) is 18.7 Å². The summed E-state index contributed by atoms with van der Waals surface area (Å²) in [5.41, 5.74) is 5.43.